The first-order valence-corrected chi connectivity index (χ1v) is 20.2. The van der Waals surface area contributed by atoms with E-state index in [1.54, 1.807) is 6.07 Å². The number of hydrogen-bond donors (Lipinski definition) is 1. The van der Waals surface area contributed by atoms with Crippen LogP contribution in [-0.4, -0.2) is 17.0 Å². The van der Waals surface area contributed by atoms with Crippen molar-refractivity contribution in [3.05, 3.63) is 130 Å². The van der Waals surface area contributed by atoms with E-state index in [0.29, 0.717) is 11.3 Å². The molecule has 0 amide bonds. The van der Waals surface area contributed by atoms with E-state index in [2.05, 4.69) is 55.5 Å². The molecule has 0 radical (unpaired) electrons. The predicted molar refractivity (Wildman–Crippen MR) is 207 cm³/mol. The number of allylic oxidation sites excluding steroid dienone is 5. The third kappa shape index (κ3) is 5.82. The molecule has 2 heterocycles. The van der Waals surface area contributed by atoms with Crippen LogP contribution < -0.4 is 0 Å². The number of rotatable bonds is 9. The molecule has 3 fully saturated rings. The fourth-order valence-electron chi connectivity index (χ4n) is 11.2. The zero-order chi connectivity index (χ0) is 36.1. The summed E-state index contributed by atoms with van der Waals surface area (Å²) in [5.41, 5.74) is 6.91. The molecule has 1 N–H and O–H groups in total. The van der Waals surface area contributed by atoms with Crippen LogP contribution in [-0.2, 0) is 25.5 Å². The summed E-state index contributed by atoms with van der Waals surface area (Å²) in [6, 6.07) is 26.3. The van der Waals surface area contributed by atoms with Gasteiger partial charge in [-0.2, -0.15) is 0 Å². The molecule has 5 heteroatoms. The van der Waals surface area contributed by atoms with E-state index in [4.69, 9.17) is 9.47 Å². The Balaban J connectivity index is 1.20. The number of carbonyl (C=O) groups excluding carboxylic acids is 2. The molecule has 7 aliphatic rings. The highest BCUT2D eigenvalue weighted by atomic mass is 16.5. The van der Waals surface area contributed by atoms with Crippen LogP contribution in [0.15, 0.2) is 119 Å². The van der Waals surface area contributed by atoms with Crippen LogP contribution in [0.1, 0.15) is 95.1 Å². The minimum atomic E-state index is -0.785. The number of esters is 2. The highest BCUT2D eigenvalue weighted by Gasteiger charge is 2.68. The third-order valence-electron chi connectivity index (χ3n) is 13.6. The molecule has 10 rings (SSSR count). The van der Waals surface area contributed by atoms with Crippen molar-refractivity contribution < 1.29 is 24.2 Å². The highest BCUT2D eigenvalue weighted by molar-refractivity contribution is 6.07. The van der Waals surface area contributed by atoms with Crippen molar-refractivity contribution in [2.45, 2.75) is 90.4 Å². The zero-order valence-electron chi connectivity index (χ0n) is 30.8. The summed E-state index contributed by atoms with van der Waals surface area (Å²) >= 11 is 0. The average molecular weight is 707 g/mol. The molecule has 53 heavy (non-hydrogen) atoms. The fraction of sp³-hybridized carbons (Fsp3) is 0.417. The molecule has 2 saturated carbocycles. The number of cyclic esters (lactones) is 2. The first-order chi connectivity index (χ1) is 26.0. The van der Waals surface area contributed by atoms with Crippen LogP contribution >= 0.6 is 0 Å². The zero-order valence-corrected chi connectivity index (χ0v) is 30.8. The van der Waals surface area contributed by atoms with Gasteiger partial charge in [-0.1, -0.05) is 106 Å². The molecule has 2 aliphatic heterocycles. The number of carbonyl (C=O) groups is 2. The largest absolute Gasteiger partial charge is 0.508 e. The normalized spacial score (nSPS) is 28.6. The second kappa shape index (κ2) is 14.0. The molecule has 1 spiro atoms. The van der Waals surface area contributed by atoms with Gasteiger partial charge in [0.25, 0.3) is 0 Å². The van der Waals surface area contributed by atoms with Gasteiger partial charge in [0, 0.05) is 17.1 Å². The average Bonchev–Trinajstić information content (AvgIpc) is 3.67. The van der Waals surface area contributed by atoms with Crippen molar-refractivity contribution in [2.75, 3.05) is 0 Å². The Kier molecular flexibility index (Phi) is 9.00. The number of aromatic hydroxyl groups is 1. The van der Waals surface area contributed by atoms with E-state index >= 15 is 0 Å². The summed E-state index contributed by atoms with van der Waals surface area (Å²) in [5, 5.41) is 11.0. The molecule has 3 aromatic rings. The molecule has 3 aromatic carbocycles. The van der Waals surface area contributed by atoms with Crippen LogP contribution in [0.3, 0.4) is 0 Å². The van der Waals surface area contributed by atoms with Crippen LogP contribution in [0.5, 0.6) is 5.75 Å². The quantitative estimate of drug-likeness (QED) is 0.224. The van der Waals surface area contributed by atoms with Crippen molar-refractivity contribution in [3.63, 3.8) is 0 Å². The lowest BCUT2D eigenvalue weighted by Gasteiger charge is -2.56. The predicted octanol–water partition coefficient (Wildman–Crippen LogP) is 11.1. The van der Waals surface area contributed by atoms with E-state index in [9.17, 15) is 14.7 Å². The second-order valence-corrected chi connectivity index (χ2v) is 16.4. The Labute approximate surface area is 313 Å². The van der Waals surface area contributed by atoms with Gasteiger partial charge in [0.2, 0.25) is 0 Å². The molecule has 5 atom stereocenters. The van der Waals surface area contributed by atoms with Gasteiger partial charge in [0.05, 0.1) is 11.0 Å². The maximum atomic E-state index is 14.6. The van der Waals surface area contributed by atoms with Gasteiger partial charge in [-0.25, -0.2) is 9.59 Å². The second-order valence-electron chi connectivity index (χ2n) is 16.4. The third-order valence-corrected chi connectivity index (χ3v) is 13.6. The monoisotopic (exact) mass is 706 g/mol. The fourth-order valence-corrected chi connectivity index (χ4v) is 11.2. The smallest absolute Gasteiger partial charge is 0.340 e. The number of phenolic OH excluding ortho intramolecular Hbond substituents is 1. The van der Waals surface area contributed by atoms with Gasteiger partial charge in [-0.05, 0) is 127 Å². The van der Waals surface area contributed by atoms with Crippen molar-refractivity contribution in [1.82, 2.24) is 0 Å². The number of ether oxygens (including phenoxy) is 2. The number of hydrogen-bond acceptors (Lipinski definition) is 5. The summed E-state index contributed by atoms with van der Waals surface area (Å²) in [4.78, 5) is 28.9. The Morgan fingerprint density at radius 3 is 2.40 bits per heavy atom. The Morgan fingerprint density at radius 2 is 1.62 bits per heavy atom. The SMILES string of the molecule is CC[C@H](C=C1OC(=O)C2=C(c3cc(O)ccc3-c3ccccc3)[C@@H]3CC[C@]12[C@H]1C2=C(CC[C@H]31)C(=CCCC1CCCCC1)OC2=O)Cc1ccccc1. The lowest BCUT2D eigenvalue weighted by molar-refractivity contribution is -0.135. The molecular formula is C48H50O5. The summed E-state index contributed by atoms with van der Waals surface area (Å²) < 4.78 is 12.7. The summed E-state index contributed by atoms with van der Waals surface area (Å²) in [5.74, 6) is 1.98. The number of fused-ring (bicyclic) bond motifs is 1. The van der Waals surface area contributed by atoms with E-state index < -0.39 is 5.41 Å². The lowest BCUT2D eigenvalue weighted by Crippen LogP contribution is -2.52. The van der Waals surface area contributed by atoms with Crippen molar-refractivity contribution in [2.24, 2.45) is 35.0 Å². The van der Waals surface area contributed by atoms with Crippen molar-refractivity contribution >= 4 is 17.5 Å². The van der Waals surface area contributed by atoms with Gasteiger partial charge in [0.15, 0.2) is 0 Å². The van der Waals surface area contributed by atoms with Crippen LogP contribution in [0.25, 0.3) is 16.7 Å². The first-order valence-electron chi connectivity index (χ1n) is 20.2. The highest BCUT2D eigenvalue weighted by Crippen LogP contribution is 2.72. The minimum absolute atomic E-state index is 0.0421. The molecule has 1 saturated heterocycles. The number of benzene rings is 3. The molecule has 0 unspecified atom stereocenters. The Bertz CT molecular complexity index is 2050. The summed E-state index contributed by atoms with van der Waals surface area (Å²) in [6.45, 7) is 2.20. The van der Waals surface area contributed by atoms with Crippen molar-refractivity contribution in [1.29, 1.82) is 0 Å². The standard InChI is InChI=1S/C48H50O5/c1-2-30(27-32-15-8-4-9-16-32)28-41-48-26-25-36(42(45(48)47(51)53-41)39-29-34(49)21-22-35(39)33-18-10-5-11-19-33)37-23-24-38-40(52-46(50)43(38)44(37)48)20-12-17-31-13-6-3-7-14-31/h4-5,8-11,15-16,18-22,28-31,36-37,44,49H,2-3,6-7,12-14,17,23-27H2,1H3/t30-,36+,37+,44+,48+/m0/s1. The van der Waals surface area contributed by atoms with Gasteiger partial charge < -0.3 is 14.6 Å². The molecular weight excluding hydrogens is 657 g/mol. The van der Waals surface area contributed by atoms with E-state index in [1.165, 1.54) is 37.7 Å². The maximum absolute atomic E-state index is 14.6. The van der Waals surface area contributed by atoms with Crippen molar-refractivity contribution in [3.8, 4) is 16.9 Å². The van der Waals surface area contributed by atoms with Crippen LogP contribution in [0, 0.1) is 35.0 Å². The minimum Gasteiger partial charge on any atom is -0.508 e. The van der Waals surface area contributed by atoms with Gasteiger partial charge in [-0.3, -0.25) is 0 Å². The molecule has 0 aromatic heterocycles. The Hall–Kier alpha value is -4.64. The molecule has 272 valence electrons. The van der Waals surface area contributed by atoms with E-state index in [-0.39, 0.29) is 41.4 Å². The van der Waals surface area contributed by atoms with Crippen LogP contribution in [0.2, 0.25) is 0 Å². The van der Waals surface area contributed by atoms with Gasteiger partial charge in [-0.15, -0.1) is 0 Å². The van der Waals surface area contributed by atoms with Gasteiger partial charge in [0.1, 0.15) is 17.3 Å². The Morgan fingerprint density at radius 1 is 0.849 bits per heavy atom. The first kappa shape index (κ1) is 34.1. The summed E-state index contributed by atoms with van der Waals surface area (Å²) in [6.07, 6.45) is 18.1. The maximum Gasteiger partial charge on any atom is 0.340 e. The molecule has 2 bridgehead atoms. The topological polar surface area (TPSA) is 72.8 Å². The molecule has 5 nitrogen and oxygen atoms in total. The van der Waals surface area contributed by atoms with Crippen LogP contribution in [0.4, 0.5) is 0 Å². The van der Waals surface area contributed by atoms with E-state index in [0.717, 1.165) is 96.5 Å². The molecule has 5 aliphatic carbocycles. The lowest BCUT2D eigenvalue weighted by atomic mass is 9.44. The summed E-state index contributed by atoms with van der Waals surface area (Å²) in [7, 11) is 0. The van der Waals surface area contributed by atoms with E-state index in [1.807, 2.05) is 36.4 Å². The van der Waals surface area contributed by atoms with Gasteiger partial charge >= 0.3 is 11.9 Å². The number of phenols is 1.